The third-order valence-electron chi connectivity index (χ3n) is 3.18. The van der Waals surface area contributed by atoms with Crippen molar-refractivity contribution in [2.24, 2.45) is 0 Å². The van der Waals surface area contributed by atoms with Crippen molar-refractivity contribution in [3.8, 4) is 5.75 Å². The van der Waals surface area contributed by atoms with Crippen LogP contribution in [0, 0.1) is 15.9 Å². The van der Waals surface area contributed by atoms with Crippen molar-refractivity contribution in [3.63, 3.8) is 0 Å². The van der Waals surface area contributed by atoms with Crippen LogP contribution in [0.25, 0.3) is 0 Å². The molecule has 0 amide bonds. The summed E-state index contributed by atoms with van der Waals surface area (Å²) >= 11 is 0. The van der Waals surface area contributed by atoms with Gasteiger partial charge >= 0.3 is 5.69 Å². The van der Waals surface area contributed by atoms with Gasteiger partial charge in [0.15, 0.2) is 12.4 Å². The van der Waals surface area contributed by atoms with Gasteiger partial charge in [-0.25, -0.2) is 4.39 Å². The Morgan fingerprint density at radius 3 is 2.75 bits per heavy atom. The second-order valence-corrected chi connectivity index (χ2v) is 4.92. The number of nitro benzene ring substituents is 1. The number of ether oxygens (including phenoxy) is 1. The summed E-state index contributed by atoms with van der Waals surface area (Å²) < 4.78 is 23.5. The fourth-order valence-corrected chi connectivity index (χ4v) is 2.09. The van der Waals surface area contributed by atoms with E-state index in [1.807, 2.05) is 30.3 Å². The second kappa shape index (κ2) is 6.86. The van der Waals surface area contributed by atoms with E-state index in [9.17, 15) is 14.5 Å². The zero-order chi connectivity index (χ0) is 16.9. The lowest BCUT2D eigenvalue weighted by molar-refractivity contribution is -0.386. The van der Waals surface area contributed by atoms with Gasteiger partial charge in [-0.2, -0.15) is 4.98 Å². The molecule has 0 aliphatic carbocycles. The van der Waals surface area contributed by atoms with Crippen molar-refractivity contribution in [1.82, 2.24) is 10.1 Å². The molecule has 0 radical (unpaired) electrons. The van der Waals surface area contributed by atoms with Gasteiger partial charge in [0.2, 0.25) is 5.75 Å². The molecule has 3 rings (SSSR count). The third kappa shape index (κ3) is 3.72. The Hall–Kier alpha value is -3.29. The predicted molar refractivity (Wildman–Crippen MR) is 80.9 cm³/mol. The van der Waals surface area contributed by atoms with Crippen LogP contribution in [0.2, 0.25) is 0 Å². The van der Waals surface area contributed by atoms with Crippen molar-refractivity contribution in [2.75, 3.05) is 0 Å². The lowest BCUT2D eigenvalue weighted by atomic mass is 10.1. The van der Waals surface area contributed by atoms with E-state index in [-0.39, 0.29) is 23.9 Å². The highest BCUT2D eigenvalue weighted by Gasteiger charge is 2.17. The number of nitro groups is 1. The summed E-state index contributed by atoms with van der Waals surface area (Å²) in [4.78, 5) is 14.4. The number of rotatable bonds is 6. The maximum absolute atomic E-state index is 13.2. The standard InChI is InChI=1S/C16H12FN3O4/c17-12-6-7-13(20(21)22)14(9-12)23-10-16-18-15(19-24-16)8-11-4-2-1-3-5-11/h1-7,9H,8,10H2. The zero-order valence-corrected chi connectivity index (χ0v) is 12.4. The molecule has 8 heteroatoms. The number of halogens is 1. The molecular formula is C16H12FN3O4. The van der Waals surface area contributed by atoms with Gasteiger partial charge in [-0.3, -0.25) is 10.1 Å². The van der Waals surface area contributed by atoms with Crippen molar-refractivity contribution >= 4 is 5.69 Å². The van der Waals surface area contributed by atoms with Crippen LogP contribution in [-0.4, -0.2) is 15.1 Å². The van der Waals surface area contributed by atoms with E-state index in [0.717, 1.165) is 23.8 Å². The Kier molecular flexibility index (Phi) is 4.46. The average molecular weight is 329 g/mol. The van der Waals surface area contributed by atoms with Crippen molar-refractivity contribution in [1.29, 1.82) is 0 Å². The van der Waals surface area contributed by atoms with Crippen molar-refractivity contribution in [3.05, 3.63) is 81.7 Å². The molecule has 0 unspecified atom stereocenters. The highest BCUT2D eigenvalue weighted by atomic mass is 19.1. The van der Waals surface area contributed by atoms with Crippen LogP contribution in [0.15, 0.2) is 53.1 Å². The van der Waals surface area contributed by atoms with Gasteiger partial charge in [-0.05, 0) is 11.6 Å². The van der Waals surface area contributed by atoms with E-state index in [1.54, 1.807) is 0 Å². The topological polar surface area (TPSA) is 91.3 Å². The molecule has 0 bridgehead atoms. The van der Waals surface area contributed by atoms with Gasteiger partial charge in [-0.15, -0.1) is 0 Å². The molecule has 1 heterocycles. The molecule has 24 heavy (non-hydrogen) atoms. The molecule has 1 aromatic heterocycles. The minimum atomic E-state index is -0.649. The minimum absolute atomic E-state index is 0.152. The highest BCUT2D eigenvalue weighted by molar-refractivity contribution is 5.46. The van der Waals surface area contributed by atoms with Gasteiger partial charge in [0.05, 0.1) is 4.92 Å². The zero-order valence-electron chi connectivity index (χ0n) is 12.4. The molecule has 7 nitrogen and oxygen atoms in total. The lowest BCUT2D eigenvalue weighted by Gasteiger charge is -2.03. The summed E-state index contributed by atoms with van der Waals surface area (Å²) in [6, 6.07) is 12.6. The van der Waals surface area contributed by atoms with E-state index in [0.29, 0.717) is 12.2 Å². The minimum Gasteiger partial charge on any atom is -0.477 e. The van der Waals surface area contributed by atoms with Crippen molar-refractivity contribution < 1.29 is 18.6 Å². The molecule has 122 valence electrons. The highest BCUT2D eigenvalue weighted by Crippen LogP contribution is 2.28. The lowest BCUT2D eigenvalue weighted by Crippen LogP contribution is -2.00. The number of hydrogen-bond acceptors (Lipinski definition) is 6. The monoisotopic (exact) mass is 329 g/mol. The van der Waals surface area contributed by atoms with Gasteiger partial charge in [0.1, 0.15) is 5.82 Å². The SMILES string of the molecule is O=[N+]([O-])c1ccc(F)cc1OCc1nc(Cc2ccccc2)no1. The summed E-state index contributed by atoms with van der Waals surface area (Å²) in [6.45, 7) is -0.188. The normalized spacial score (nSPS) is 10.5. The molecule has 0 saturated heterocycles. The predicted octanol–water partition coefficient (Wildman–Crippen LogP) is 3.29. The first-order valence-electron chi connectivity index (χ1n) is 7.04. The number of aromatic nitrogens is 2. The molecular weight excluding hydrogens is 317 g/mol. The molecule has 0 N–H and O–H groups in total. The Balaban J connectivity index is 1.68. The molecule has 0 fully saturated rings. The first-order chi connectivity index (χ1) is 11.6. The quantitative estimate of drug-likeness (QED) is 0.509. The molecule has 2 aromatic carbocycles. The van der Waals surface area contributed by atoms with Gasteiger partial charge in [0.25, 0.3) is 5.89 Å². The van der Waals surface area contributed by atoms with Gasteiger partial charge in [0, 0.05) is 18.6 Å². The molecule has 0 spiro atoms. The molecule has 0 saturated carbocycles. The van der Waals surface area contributed by atoms with Crippen LogP contribution < -0.4 is 4.74 Å². The molecule has 3 aromatic rings. The molecule has 0 aliphatic heterocycles. The van der Waals surface area contributed by atoms with E-state index < -0.39 is 10.7 Å². The second-order valence-electron chi connectivity index (χ2n) is 4.92. The average Bonchev–Trinajstić information content (AvgIpc) is 3.01. The van der Waals surface area contributed by atoms with Crippen LogP contribution in [0.1, 0.15) is 17.3 Å². The Bertz CT molecular complexity index is 852. The Morgan fingerprint density at radius 2 is 2.00 bits per heavy atom. The number of nitrogens with zero attached hydrogens (tertiary/aromatic N) is 3. The fourth-order valence-electron chi connectivity index (χ4n) is 2.09. The third-order valence-corrected chi connectivity index (χ3v) is 3.18. The van der Waals surface area contributed by atoms with Gasteiger partial charge < -0.3 is 9.26 Å². The van der Waals surface area contributed by atoms with Crippen molar-refractivity contribution in [2.45, 2.75) is 13.0 Å². The fraction of sp³-hybridized carbons (Fsp3) is 0.125. The maximum atomic E-state index is 13.2. The smallest absolute Gasteiger partial charge is 0.311 e. The Labute approximate surface area is 135 Å². The van der Waals surface area contributed by atoms with Crippen LogP contribution in [-0.2, 0) is 13.0 Å². The molecule has 0 aliphatic rings. The van der Waals surface area contributed by atoms with Crippen LogP contribution in [0.5, 0.6) is 5.75 Å². The summed E-state index contributed by atoms with van der Waals surface area (Å²) in [5.41, 5.74) is 0.687. The van der Waals surface area contributed by atoms with E-state index in [4.69, 9.17) is 9.26 Å². The first kappa shape index (κ1) is 15.6. The van der Waals surface area contributed by atoms with E-state index in [2.05, 4.69) is 10.1 Å². The summed E-state index contributed by atoms with van der Waals surface area (Å²) in [6.07, 6.45) is 0.491. The molecule has 0 atom stereocenters. The largest absolute Gasteiger partial charge is 0.477 e. The first-order valence-corrected chi connectivity index (χ1v) is 7.04. The van der Waals surface area contributed by atoms with Crippen LogP contribution in [0.3, 0.4) is 0 Å². The summed E-state index contributed by atoms with van der Waals surface area (Å²) in [5.74, 6) is -0.207. The van der Waals surface area contributed by atoms with Gasteiger partial charge in [-0.1, -0.05) is 35.5 Å². The van der Waals surface area contributed by atoms with E-state index >= 15 is 0 Å². The maximum Gasteiger partial charge on any atom is 0.311 e. The number of hydrogen-bond donors (Lipinski definition) is 0. The van der Waals surface area contributed by atoms with E-state index in [1.165, 1.54) is 0 Å². The summed E-state index contributed by atoms with van der Waals surface area (Å²) in [7, 11) is 0. The summed E-state index contributed by atoms with van der Waals surface area (Å²) in [5, 5.41) is 14.7. The Morgan fingerprint density at radius 1 is 1.21 bits per heavy atom. The van der Waals surface area contributed by atoms with Crippen LogP contribution in [0.4, 0.5) is 10.1 Å². The number of benzene rings is 2. The van der Waals surface area contributed by atoms with Crippen LogP contribution >= 0.6 is 0 Å².